The summed E-state index contributed by atoms with van der Waals surface area (Å²) in [4.78, 5) is 13.6. The summed E-state index contributed by atoms with van der Waals surface area (Å²) in [5.41, 5.74) is -1.43. The van der Waals surface area contributed by atoms with Crippen molar-refractivity contribution in [1.82, 2.24) is 10.2 Å². The molecule has 1 amide bonds. The van der Waals surface area contributed by atoms with Crippen molar-refractivity contribution in [2.45, 2.75) is 18.9 Å². The molecule has 0 unspecified atom stereocenters. The highest BCUT2D eigenvalue weighted by molar-refractivity contribution is 5.86. The molecule has 2 atom stereocenters. The number of hydrogen-bond donors (Lipinski definition) is 2. The third-order valence-electron chi connectivity index (χ3n) is 3.59. The van der Waals surface area contributed by atoms with Crippen LogP contribution in [0.2, 0.25) is 0 Å². The molecule has 0 bridgehead atoms. The number of carbonyl (C=O) groups excluding carboxylic acids is 1. The molecule has 0 aromatic carbocycles. The molecular formula is C9H16N2O2. The maximum Gasteiger partial charge on any atom is 0.229 e. The summed E-state index contributed by atoms with van der Waals surface area (Å²) in [6.07, 6.45) is 0.742. The number of piperidine rings is 1. The molecule has 0 spiro atoms. The van der Waals surface area contributed by atoms with E-state index in [-0.39, 0.29) is 5.91 Å². The van der Waals surface area contributed by atoms with Crippen molar-refractivity contribution in [3.63, 3.8) is 0 Å². The van der Waals surface area contributed by atoms with Crippen molar-refractivity contribution in [3.8, 4) is 0 Å². The summed E-state index contributed by atoms with van der Waals surface area (Å²) in [7, 11) is 1.97. The van der Waals surface area contributed by atoms with Crippen LogP contribution in [0.4, 0.5) is 0 Å². The van der Waals surface area contributed by atoms with Crippen LogP contribution in [-0.4, -0.2) is 48.2 Å². The summed E-state index contributed by atoms with van der Waals surface area (Å²) in [6.45, 7) is 3.73. The van der Waals surface area contributed by atoms with Crippen LogP contribution >= 0.6 is 0 Å². The number of carbonyl (C=O) groups is 1. The lowest BCUT2D eigenvalue weighted by Gasteiger charge is -2.44. The molecule has 2 rings (SSSR count). The Balaban J connectivity index is 2.32. The van der Waals surface area contributed by atoms with Crippen LogP contribution in [0.25, 0.3) is 0 Å². The van der Waals surface area contributed by atoms with Crippen LogP contribution in [0.5, 0.6) is 0 Å². The molecule has 4 heteroatoms. The van der Waals surface area contributed by atoms with E-state index in [1.807, 2.05) is 14.0 Å². The van der Waals surface area contributed by atoms with E-state index in [1.165, 1.54) is 0 Å². The van der Waals surface area contributed by atoms with Crippen LogP contribution in [-0.2, 0) is 4.79 Å². The van der Waals surface area contributed by atoms with Crippen molar-refractivity contribution in [2.75, 3.05) is 26.7 Å². The van der Waals surface area contributed by atoms with Gasteiger partial charge in [0, 0.05) is 13.1 Å². The van der Waals surface area contributed by atoms with Crippen molar-refractivity contribution in [2.24, 2.45) is 5.41 Å². The Bertz CT molecular complexity index is 256. The van der Waals surface area contributed by atoms with Gasteiger partial charge in [-0.15, -0.1) is 0 Å². The van der Waals surface area contributed by atoms with Gasteiger partial charge in [0.05, 0.1) is 5.41 Å². The molecule has 4 nitrogen and oxygen atoms in total. The first-order valence-corrected chi connectivity index (χ1v) is 4.67. The minimum Gasteiger partial charge on any atom is -0.386 e. The van der Waals surface area contributed by atoms with Crippen molar-refractivity contribution in [1.29, 1.82) is 0 Å². The lowest BCUT2D eigenvalue weighted by molar-refractivity contribution is -0.143. The summed E-state index contributed by atoms with van der Waals surface area (Å²) < 4.78 is 0. The molecule has 2 N–H and O–H groups in total. The molecule has 2 fully saturated rings. The maximum absolute atomic E-state index is 11.6. The minimum atomic E-state index is -0.864. The average Bonchev–Trinajstić information content (AvgIpc) is 2.28. The Kier molecular flexibility index (Phi) is 1.69. The van der Waals surface area contributed by atoms with E-state index >= 15 is 0 Å². The molecule has 0 saturated carbocycles. The Morgan fingerprint density at radius 2 is 2.31 bits per heavy atom. The van der Waals surface area contributed by atoms with Gasteiger partial charge in [0.1, 0.15) is 5.60 Å². The summed E-state index contributed by atoms with van der Waals surface area (Å²) >= 11 is 0. The van der Waals surface area contributed by atoms with Gasteiger partial charge in [0.2, 0.25) is 5.91 Å². The molecule has 2 aliphatic heterocycles. The van der Waals surface area contributed by atoms with E-state index in [0.29, 0.717) is 13.1 Å². The molecular weight excluding hydrogens is 168 g/mol. The van der Waals surface area contributed by atoms with E-state index < -0.39 is 11.0 Å². The second-order valence-electron chi connectivity index (χ2n) is 4.53. The number of nitrogens with zero attached hydrogens (tertiary/aromatic N) is 1. The zero-order valence-corrected chi connectivity index (χ0v) is 8.13. The molecule has 13 heavy (non-hydrogen) atoms. The smallest absolute Gasteiger partial charge is 0.229 e. The van der Waals surface area contributed by atoms with Crippen molar-refractivity contribution in [3.05, 3.63) is 0 Å². The number of rotatable bonds is 0. The van der Waals surface area contributed by atoms with Crippen LogP contribution in [0, 0.1) is 5.41 Å². The Hall–Kier alpha value is -0.610. The number of aliphatic hydroxyl groups is 1. The van der Waals surface area contributed by atoms with E-state index in [0.717, 1.165) is 13.0 Å². The molecule has 74 valence electrons. The molecule has 0 aromatic heterocycles. The Labute approximate surface area is 77.9 Å². The fourth-order valence-electron chi connectivity index (χ4n) is 2.34. The van der Waals surface area contributed by atoms with E-state index in [2.05, 4.69) is 10.2 Å². The number of hydrogen-bond acceptors (Lipinski definition) is 3. The normalized spacial score (nSPS) is 45.9. The third kappa shape index (κ3) is 1.02. The number of likely N-dealkylation sites (tertiary alicyclic amines) is 1. The number of amides is 1. The van der Waals surface area contributed by atoms with Crippen LogP contribution in [0.1, 0.15) is 13.3 Å². The van der Waals surface area contributed by atoms with Gasteiger partial charge in [-0.05, 0) is 26.9 Å². The fraction of sp³-hybridized carbons (Fsp3) is 0.889. The Morgan fingerprint density at radius 3 is 3.00 bits per heavy atom. The zero-order valence-electron chi connectivity index (χ0n) is 8.13. The summed E-state index contributed by atoms with van der Waals surface area (Å²) in [5, 5.41) is 13.0. The molecule has 2 heterocycles. The van der Waals surface area contributed by atoms with Crippen molar-refractivity contribution >= 4 is 5.91 Å². The number of fused-ring (bicyclic) bond motifs is 1. The molecule has 0 aliphatic carbocycles. The lowest BCUT2D eigenvalue weighted by atomic mass is 9.70. The highest BCUT2D eigenvalue weighted by Crippen LogP contribution is 2.42. The monoisotopic (exact) mass is 184 g/mol. The maximum atomic E-state index is 11.6. The first-order valence-electron chi connectivity index (χ1n) is 4.67. The van der Waals surface area contributed by atoms with Gasteiger partial charge in [-0.3, -0.25) is 4.79 Å². The molecule has 0 radical (unpaired) electrons. The second kappa shape index (κ2) is 2.45. The van der Waals surface area contributed by atoms with Crippen molar-refractivity contribution < 1.29 is 9.90 Å². The largest absolute Gasteiger partial charge is 0.386 e. The van der Waals surface area contributed by atoms with Crippen LogP contribution in [0.15, 0.2) is 0 Å². The quantitative estimate of drug-likeness (QED) is 0.517. The molecule has 2 aliphatic rings. The fourth-order valence-corrected chi connectivity index (χ4v) is 2.34. The number of nitrogens with one attached hydrogen (secondary N) is 1. The zero-order chi connectivity index (χ0) is 9.69. The highest BCUT2D eigenvalue weighted by Gasteiger charge is 2.58. The average molecular weight is 184 g/mol. The summed E-state index contributed by atoms with van der Waals surface area (Å²) in [5.74, 6) is 0.00287. The van der Waals surface area contributed by atoms with E-state index in [9.17, 15) is 9.90 Å². The van der Waals surface area contributed by atoms with Gasteiger partial charge in [0.25, 0.3) is 0 Å². The number of likely N-dealkylation sites (N-methyl/N-ethyl adjacent to an activating group) is 1. The summed E-state index contributed by atoms with van der Waals surface area (Å²) in [6, 6.07) is 0. The van der Waals surface area contributed by atoms with Gasteiger partial charge in [0.15, 0.2) is 0 Å². The van der Waals surface area contributed by atoms with E-state index in [4.69, 9.17) is 0 Å². The predicted molar refractivity (Wildman–Crippen MR) is 48.2 cm³/mol. The molecule has 0 aromatic rings. The predicted octanol–water partition coefficient (Wildman–Crippen LogP) is -0.811. The Morgan fingerprint density at radius 1 is 1.62 bits per heavy atom. The molecule has 2 saturated heterocycles. The SMILES string of the molecule is CN1CC[C@]2(C)C(=O)NC[C@]2(O)C1. The highest BCUT2D eigenvalue weighted by atomic mass is 16.3. The van der Waals surface area contributed by atoms with Gasteiger partial charge in [-0.25, -0.2) is 0 Å². The first kappa shape index (κ1) is 8.97. The second-order valence-corrected chi connectivity index (χ2v) is 4.53. The van der Waals surface area contributed by atoms with Gasteiger partial charge >= 0.3 is 0 Å². The van der Waals surface area contributed by atoms with Gasteiger partial charge in [-0.2, -0.15) is 0 Å². The van der Waals surface area contributed by atoms with Crippen LogP contribution in [0.3, 0.4) is 0 Å². The topological polar surface area (TPSA) is 52.6 Å². The third-order valence-corrected chi connectivity index (χ3v) is 3.59. The van der Waals surface area contributed by atoms with Gasteiger partial charge in [-0.1, -0.05) is 0 Å². The standard InChI is InChI=1S/C9H16N2O2/c1-8-3-4-11(2)6-9(8,13)5-10-7(8)12/h13H,3-6H2,1-2H3,(H,10,12)/t8-,9+/m1/s1. The lowest BCUT2D eigenvalue weighted by Crippen LogP contribution is -2.58. The first-order chi connectivity index (χ1) is 5.98. The van der Waals surface area contributed by atoms with Crippen LogP contribution < -0.4 is 5.32 Å². The van der Waals surface area contributed by atoms with Gasteiger partial charge < -0.3 is 15.3 Å². The minimum absolute atomic E-state index is 0.00287. The van der Waals surface area contributed by atoms with E-state index in [1.54, 1.807) is 0 Å². The number of β-amino-alcohol motifs (C(OH)–C–C–N with tert-alkyl or cyclic N) is 1.